The van der Waals surface area contributed by atoms with E-state index in [1.807, 2.05) is 24.4 Å². The molecule has 112 valence electrons. The Labute approximate surface area is 134 Å². The lowest BCUT2D eigenvalue weighted by atomic mass is 10.2. The summed E-state index contributed by atoms with van der Waals surface area (Å²) in [5, 5.41) is 5.15. The number of nitrogens with one attached hydrogen (secondary N) is 1. The second-order valence-electron chi connectivity index (χ2n) is 4.77. The number of hydrogen-bond acceptors (Lipinski definition) is 5. The Bertz CT molecular complexity index is 892. The molecule has 0 bridgehead atoms. The molecule has 0 atom stereocenters. The summed E-state index contributed by atoms with van der Waals surface area (Å²) in [5.41, 5.74) is 0.954. The fourth-order valence-electron chi connectivity index (χ4n) is 1.88. The topological polar surface area (TPSA) is 64.0 Å². The molecule has 22 heavy (non-hydrogen) atoms. The van der Waals surface area contributed by atoms with Crippen molar-refractivity contribution in [3.05, 3.63) is 56.6 Å². The highest BCUT2D eigenvalue weighted by atomic mass is 32.1. The minimum atomic E-state index is -0.332. The predicted molar refractivity (Wildman–Crippen MR) is 89.8 cm³/mol. The number of aromatic nitrogens is 2. The van der Waals surface area contributed by atoms with Crippen molar-refractivity contribution in [1.29, 1.82) is 0 Å². The van der Waals surface area contributed by atoms with E-state index < -0.39 is 0 Å². The zero-order chi connectivity index (χ0) is 15.7. The maximum absolute atomic E-state index is 12.1. The Morgan fingerprint density at radius 1 is 1.32 bits per heavy atom. The summed E-state index contributed by atoms with van der Waals surface area (Å²) in [5.74, 6) is -0.332. The highest BCUT2D eigenvalue weighted by Gasteiger charge is 2.11. The van der Waals surface area contributed by atoms with Crippen molar-refractivity contribution in [2.45, 2.75) is 6.92 Å². The highest BCUT2D eigenvalue weighted by molar-refractivity contribution is 7.17. The van der Waals surface area contributed by atoms with Gasteiger partial charge in [-0.3, -0.25) is 14.9 Å². The van der Waals surface area contributed by atoms with E-state index in [2.05, 4.69) is 10.3 Å². The summed E-state index contributed by atoms with van der Waals surface area (Å²) in [6.45, 7) is 2.04. The van der Waals surface area contributed by atoms with E-state index >= 15 is 0 Å². The zero-order valence-electron chi connectivity index (χ0n) is 12.0. The molecule has 0 aliphatic carbocycles. The van der Waals surface area contributed by atoms with Gasteiger partial charge in [-0.1, -0.05) is 0 Å². The average molecular weight is 331 g/mol. The molecule has 3 heterocycles. The summed E-state index contributed by atoms with van der Waals surface area (Å²) in [6, 6.07) is 6.97. The van der Waals surface area contributed by atoms with E-state index in [0.29, 0.717) is 10.7 Å². The maximum Gasteiger partial charge on any atom is 0.257 e. The zero-order valence-corrected chi connectivity index (χ0v) is 13.6. The van der Waals surface area contributed by atoms with Gasteiger partial charge in [-0.15, -0.1) is 22.7 Å². The van der Waals surface area contributed by atoms with Gasteiger partial charge >= 0.3 is 0 Å². The molecule has 1 N–H and O–H groups in total. The number of amides is 1. The smallest absolute Gasteiger partial charge is 0.257 e. The molecule has 3 aromatic rings. The highest BCUT2D eigenvalue weighted by Crippen LogP contribution is 2.30. The summed E-state index contributed by atoms with van der Waals surface area (Å²) in [4.78, 5) is 30.4. The van der Waals surface area contributed by atoms with Crippen LogP contribution in [-0.4, -0.2) is 15.5 Å². The summed E-state index contributed by atoms with van der Waals surface area (Å²) in [6.07, 6.45) is 1.57. The van der Waals surface area contributed by atoms with Gasteiger partial charge < -0.3 is 4.57 Å². The van der Waals surface area contributed by atoms with Gasteiger partial charge in [0.25, 0.3) is 11.5 Å². The number of carbonyl (C=O) groups excluding carboxylic acids is 1. The first-order valence-electron chi connectivity index (χ1n) is 6.53. The second-order valence-corrected chi connectivity index (χ2v) is 6.91. The molecule has 0 unspecified atom stereocenters. The molecule has 7 heteroatoms. The summed E-state index contributed by atoms with van der Waals surface area (Å²) < 4.78 is 1.41. The van der Waals surface area contributed by atoms with E-state index in [4.69, 9.17) is 0 Å². The van der Waals surface area contributed by atoms with Crippen LogP contribution < -0.4 is 10.9 Å². The third-order valence-corrected chi connectivity index (χ3v) is 4.86. The minimum absolute atomic E-state index is 0.221. The SMILES string of the molecule is Cc1ccc(-c2csc(NC(=O)c3ccn(C)c(=O)c3)n2)s1. The lowest BCUT2D eigenvalue weighted by Crippen LogP contribution is -2.19. The van der Waals surface area contributed by atoms with Crippen LogP contribution in [0.2, 0.25) is 0 Å². The molecular weight excluding hydrogens is 318 g/mol. The molecule has 0 aliphatic heterocycles. The molecule has 0 saturated carbocycles. The molecular formula is C15H13N3O2S2. The molecule has 0 fully saturated rings. The van der Waals surface area contributed by atoms with Crippen molar-refractivity contribution < 1.29 is 4.79 Å². The molecule has 5 nitrogen and oxygen atoms in total. The molecule has 3 rings (SSSR count). The number of hydrogen-bond donors (Lipinski definition) is 1. The minimum Gasteiger partial charge on any atom is -0.319 e. The number of aryl methyl sites for hydroxylation is 2. The standard InChI is InChI=1S/C15H13N3O2S2/c1-9-3-4-12(22-9)11-8-21-15(16-11)17-14(20)10-5-6-18(2)13(19)7-10/h3-8H,1-2H3,(H,16,17,20). The van der Waals surface area contributed by atoms with Crippen molar-refractivity contribution in [1.82, 2.24) is 9.55 Å². The van der Waals surface area contributed by atoms with Crippen LogP contribution in [0.25, 0.3) is 10.6 Å². The van der Waals surface area contributed by atoms with Crippen molar-refractivity contribution in [2.24, 2.45) is 7.05 Å². The number of pyridine rings is 1. The number of nitrogens with zero attached hydrogens (tertiary/aromatic N) is 2. The van der Waals surface area contributed by atoms with Crippen LogP contribution in [0.15, 0.2) is 40.6 Å². The monoisotopic (exact) mass is 331 g/mol. The predicted octanol–water partition coefficient (Wildman–Crippen LogP) is 3.13. The first-order chi connectivity index (χ1) is 10.5. The molecule has 0 aliphatic rings. The first kappa shape index (κ1) is 14.7. The molecule has 0 spiro atoms. The summed E-state index contributed by atoms with van der Waals surface area (Å²) >= 11 is 3.02. The van der Waals surface area contributed by atoms with Crippen LogP contribution >= 0.6 is 22.7 Å². The van der Waals surface area contributed by atoms with E-state index in [0.717, 1.165) is 10.6 Å². The van der Waals surface area contributed by atoms with Crippen LogP contribution in [0.1, 0.15) is 15.2 Å². The maximum atomic E-state index is 12.1. The Balaban J connectivity index is 1.78. The molecule has 0 aromatic carbocycles. The number of rotatable bonds is 3. The number of anilines is 1. The number of thiophene rings is 1. The number of thiazole rings is 1. The normalized spacial score (nSPS) is 10.6. The Morgan fingerprint density at radius 3 is 2.82 bits per heavy atom. The average Bonchev–Trinajstić information content (AvgIpc) is 3.10. The van der Waals surface area contributed by atoms with Gasteiger partial charge in [0.05, 0.1) is 10.6 Å². The molecule has 3 aromatic heterocycles. The van der Waals surface area contributed by atoms with Gasteiger partial charge in [0.2, 0.25) is 0 Å². The molecule has 0 saturated heterocycles. The van der Waals surface area contributed by atoms with Gasteiger partial charge in [0.15, 0.2) is 5.13 Å². The third-order valence-electron chi connectivity index (χ3n) is 3.08. The van der Waals surface area contributed by atoms with Gasteiger partial charge in [0, 0.05) is 35.1 Å². The van der Waals surface area contributed by atoms with E-state index in [9.17, 15) is 9.59 Å². The lowest BCUT2D eigenvalue weighted by molar-refractivity contribution is 0.102. The van der Waals surface area contributed by atoms with Crippen molar-refractivity contribution in [2.75, 3.05) is 5.32 Å². The van der Waals surface area contributed by atoms with Crippen LogP contribution in [-0.2, 0) is 7.05 Å². The van der Waals surface area contributed by atoms with Crippen molar-refractivity contribution in [3.8, 4) is 10.6 Å². The van der Waals surface area contributed by atoms with Crippen LogP contribution in [0, 0.1) is 6.92 Å². The Morgan fingerprint density at radius 2 is 2.14 bits per heavy atom. The van der Waals surface area contributed by atoms with Gasteiger partial charge in [-0.2, -0.15) is 0 Å². The van der Waals surface area contributed by atoms with E-state index in [1.54, 1.807) is 30.6 Å². The first-order valence-corrected chi connectivity index (χ1v) is 8.23. The molecule has 0 radical (unpaired) electrons. The van der Waals surface area contributed by atoms with E-state index in [-0.39, 0.29) is 11.5 Å². The Hall–Kier alpha value is -2.25. The van der Waals surface area contributed by atoms with Crippen molar-refractivity contribution >= 4 is 33.7 Å². The largest absolute Gasteiger partial charge is 0.319 e. The van der Waals surface area contributed by atoms with Gasteiger partial charge in [-0.25, -0.2) is 4.98 Å². The Kier molecular flexibility index (Phi) is 3.91. The number of carbonyl (C=O) groups is 1. The van der Waals surface area contributed by atoms with Crippen LogP contribution in [0.5, 0.6) is 0 Å². The van der Waals surface area contributed by atoms with Crippen molar-refractivity contribution in [3.63, 3.8) is 0 Å². The molecule has 1 amide bonds. The fourth-order valence-corrected chi connectivity index (χ4v) is 3.48. The fraction of sp³-hybridized carbons (Fsp3) is 0.133. The third kappa shape index (κ3) is 3.00. The van der Waals surface area contributed by atoms with Gasteiger partial charge in [-0.05, 0) is 25.1 Å². The van der Waals surface area contributed by atoms with Crippen LogP contribution in [0.3, 0.4) is 0 Å². The second kappa shape index (κ2) is 5.86. The van der Waals surface area contributed by atoms with E-state index in [1.165, 1.54) is 26.8 Å². The van der Waals surface area contributed by atoms with Crippen LogP contribution in [0.4, 0.5) is 5.13 Å². The lowest BCUT2D eigenvalue weighted by Gasteiger charge is -2.02. The quantitative estimate of drug-likeness (QED) is 0.802. The van der Waals surface area contributed by atoms with Gasteiger partial charge in [0.1, 0.15) is 0 Å². The summed E-state index contributed by atoms with van der Waals surface area (Å²) in [7, 11) is 1.64.